The molecule has 0 aliphatic heterocycles. The fourth-order valence-electron chi connectivity index (χ4n) is 2.63. The summed E-state index contributed by atoms with van der Waals surface area (Å²) in [6, 6.07) is 8.86. The average molecular weight is 273 g/mol. The van der Waals surface area contributed by atoms with Gasteiger partial charge in [0.15, 0.2) is 0 Å². The summed E-state index contributed by atoms with van der Waals surface area (Å²) in [6.07, 6.45) is 2.21. The van der Waals surface area contributed by atoms with Crippen molar-refractivity contribution in [3.05, 3.63) is 30.1 Å². The third-order valence-corrected chi connectivity index (χ3v) is 3.76. The zero-order valence-electron chi connectivity index (χ0n) is 13.2. The van der Waals surface area contributed by atoms with Gasteiger partial charge in [0.25, 0.3) is 0 Å². The van der Waals surface area contributed by atoms with Gasteiger partial charge in [-0.1, -0.05) is 32.9 Å². The van der Waals surface area contributed by atoms with E-state index in [2.05, 4.69) is 61.8 Å². The summed E-state index contributed by atoms with van der Waals surface area (Å²) in [7, 11) is 0. The first-order valence-corrected chi connectivity index (χ1v) is 7.80. The largest absolute Gasteiger partial charge is 0.324 e. The minimum atomic E-state index is 0.435. The predicted molar refractivity (Wildman–Crippen MR) is 86.1 cm³/mol. The molecule has 2 aromatic rings. The van der Waals surface area contributed by atoms with Gasteiger partial charge in [-0.2, -0.15) is 0 Å². The quantitative estimate of drug-likeness (QED) is 0.778. The average Bonchev–Trinajstić information content (AvgIpc) is 2.81. The lowest BCUT2D eigenvalue weighted by Gasteiger charge is -2.18. The van der Waals surface area contributed by atoms with Gasteiger partial charge < -0.3 is 9.88 Å². The Kier molecular flexibility index (Phi) is 5.18. The van der Waals surface area contributed by atoms with Crippen LogP contribution in [0.4, 0.5) is 0 Å². The molecule has 0 aliphatic rings. The number of aromatic nitrogens is 2. The zero-order chi connectivity index (χ0) is 14.5. The fourth-order valence-corrected chi connectivity index (χ4v) is 2.63. The van der Waals surface area contributed by atoms with Crippen LogP contribution in [-0.4, -0.2) is 22.6 Å². The third-order valence-electron chi connectivity index (χ3n) is 3.76. The molecule has 20 heavy (non-hydrogen) atoms. The first kappa shape index (κ1) is 15.0. The predicted octanol–water partition coefficient (Wildman–Crippen LogP) is 3.80. The second-order valence-electron chi connectivity index (χ2n) is 5.98. The number of nitrogens with one attached hydrogen (secondary N) is 1. The van der Waals surface area contributed by atoms with Gasteiger partial charge in [-0.05, 0) is 37.9 Å². The van der Waals surface area contributed by atoms with E-state index in [0.717, 1.165) is 30.9 Å². The molecule has 1 aromatic carbocycles. The van der Waals surface area contributed by atoms with Gasteiger partial charge >= 0.3 is 0 Å². The Balaban J connectivity index is 2.10. The van der Waals surface area contributed by atoms with Crippen molar-refractivity contribution in [3.63, 3.8) is 0 Å². The van der Waals surface area contributed by atoms with Crippen molar-refractivity contribution in [2.75, 3.05) is 13.1 Å². The highest BCUT2D eigenvalue weighted by molar-refractivity contribution is 5.76. The van der Waals surface area contributed by atoms with Crippen LogP contribution < -0.4 is 5.32 Å². The first-order valence-electron chi connectivity index (χ1n) is 7.80. The standard InChI is InChI=1S/C17H27N3/c1-5-17-19-15-8-6-7-9-16(15)20(17)14(4)12-18-11-10-13(2)3/h6-9,13-14,18H,5,10-12H2,1-4H3. The van der Waals surface area contributed by atoms with Crippen LogP contribution in [-0.2, 0) is 6.42 Å². The maximum atomic E-state index is 4.74. The van der Waals surface area contributed by atoms with E-state index in [0.29, 0.717) is 6.04 Å². The van der Waals surface area contributed by atoms with Gasteiger partial charge in [-0.15, -0.1) is 0 Å². The second kappa shape index (κ2) is 6.89. The molecule has 0 spiro atoms. The monoisotopic (exact) mass is 273 g/mol. The lowest BCUT2D eigenvalue weighted by molar-refractivity contribution is 0.465. The molecule has 2 rings (SSSR count). The van der Waals surface area contributed by atoms with Crippen LogP contribution in [0.25, 0.3) is 11.0 Å². The van der Waals surface area contributed by atoms with Gasteiger partial charge in [0.05, 0.1) is 11.0 Å². The second-order valence-corrected chi connectivity index (χ2v) is 5.98. The Morgan fingerprint density at radius 3 is 2.65 bits per heavy atom. The van der Waals surface area contributed by atoms with Crippen molar-refractivity contribution in [2.45, 2.75) is 46.6 Å². The van der Waals surface area contributed by atoms with E-state index >= 15 is 0 Å². The topological polar surface area (TPSA) is 29.9 Å². The molecule has 1 atom stereocenters. The van der Waals surface area contributed by atoms with Crippen molar-refractivity contribution in [1.82, 2.24) is 14.9 Å². The third kappa shape index (κ3) is 3.40. The summed E-state index contributed by atoms with van der Waals surface area (Å²) >= 11 is 0. The minimum Gasteiger partial charge on any atom is -0.324 e. The molecular weight excluding hydrogens is 246 g/mol. The molecule has 0 aliphatic carbocycles. The van der Waals surface area contributed by atoms with Gasteiger partial charge in [-0.3, -0.25) is 0 Å². The molecule has 0 radical (unpaired) electrons. The molecule has 110 valence electrons. The number of benzene rings is 1. The van der Waals surface area contributed by atoms with Crippen LogP contribution in [0.2, 0.25) is 0 Å². The molecular formula is C17H27N3. The van der Waals surface area contributed by atoms with Crippen LogP contribution in [0.5, 0.6) is 0 Å². The fraction of sp³-hybridized carbons (Fsp3) is 0.588. The molecule has 0 saturated carbocycles. The Labute approximate surface area is 122 Å². The Hall–Kier alpha value is -1.35. The molecule has 0 fully saturated rings. The van der Waals surface area contributed by atoms with Crippen molar-refractivity contribution in [1.29, 1.82) is 0 Å². The van der Waals surface area contributed by atoms with Gasteiger partial charge in [0.2, 0.25) is 0 Å². The number of hydrogen-bond acceptors (Lipinski definition) is 2. The van der Waals surface area contributed by atoms with Gasteiger partial charge in [0.1, 0.15) is 5.82 Å². The highest BCUT2D eigenvalue weighted by Gasteiger charge is 2.14. The summed E-state index contributed by atoms with van der Waals surface area (Å²) in [4.78, 5) is 4.74. The number of nitrogens with zero attached hydrogens (tertiary/aromatic N) is 2. The van der Waals surface area contributed by atoms with Crippen molar-refractivity contribution < 1.29 is 0 Å². The molecule has 3 heteroatoms. The molecule has 0 amide bonds. The molecule has 0 saturated heterocycles. The molecule has 0 bridgehead atoms. The number of hydrogen-bond donors (Lipinski definition) is 1. The molecule has 1 unspecified atom stereocenters. The van der Waals surface area contributed by atoms with Crippen LogP contribution in [0.3, 0.4) is 0 Å². The lowest BCUT2D eigenvalue weighted by atomic mass is 10.1. The Morgan fingerprint density at radius 1 is 1.20 bits per heavy atom. The lowest BCUT2D eigenvalue weighted by Crippen LogP contribution is -2.26. The van der Waals surface area contributed by atoms with E-state index in [9.17, 15) is 0 Å². The molecule has 1 heterocycles. The van der Waals surface area contributed by atoms with Crippen LogP contribution in [0.15, 0.2) is 24.3 Å². The molecule has 1 N–H and O–H groups in total. The van der Waals surface area contributed by atoms with E-state index < -0.39 is 0 Å². The van der Waals surface area contributed by atoms with Crippen molar-refractivity contribution in [3.8, 4) is 0 Å². The number of imidazole rings is 1. The van der Waals surface area contributed by atoms with E-state index in [1.54, 1.807) is 0 Å². The summed E-state index contributed by atoms with van der Waals surface area (Å²) in [5.41, 5.74) is 2.36. The molecule has 1 aromatic heterocycles. The molecule has 3 nitrogen and oxygen atoms in total. The zero-order valence-corrected chi connectivity index (χ0v) is 13.2. The maximum absolute atomic E-state index is 4.74. The summed E-state index contributed by atoms with van der Waals surface area (Å²) in [5.74, 6) is 1.95. The van der Waals surface area contributed by atoms with Crippen LogP contribution in [0.1, 0.15) is 46.0 Å². The van der Waals surface area contributed by atoms with E-state index in [1.165, 1.54) is 17.8 Å². The van der Waals surface area contributed by atoms with Gasteiger partial charge in [0, 0.05) is 19.0 Å². The van der Waals surface area contributed by atoms with Gasteiger partial charge in [-0.25, -0.2) is 4.98 Å². The number of aryl methyl sites for hydroxylation is 1. The number of rotatable bonds is 7. The normalized spacial score (nSPS) is 13.2. The summed E-state index contributed by atoms with van der Waals surface area (Å²) in [5, 5.41) is 3.57. The van der Waals surface area contributed by atoms with E-state index in [-0.39, 0.29) is 0 Å². The summed E-state index contributed by atoms with van der Waals surface area (Å²) in [6.45, 7) is 11.1. The number of fused-ring (bicyclic) bond motifs is 1. The first-order chi connectivity index (χ1) is 9.63. The van der Waals surface area contributed by atoms with E-state index in [4.69, 9.17) is 4.98 Å². The summed E-state index contributed by atoms with van der Waals surface area (Å²) < 4.78 is 2.39. The van der Waals surface area contributed by atoms with Crippen LogP contribution in [0, 0.1) is 5.92 Å². The Morgan fingerprint density at radius 2 is 1.95 bits per heavy atom. The van der Waals surface area contributed by atoms with E-state index in [1.807, 2.05) is 0 Å². The maximum Gasteiger partial charge on any atom is 0.109 e. The van der Waals surface area contributed by atoms with Crippen LogP contribution >= 0.6 is 0 Å². The SMILES string of the molecule is CCc1nc2ccccc2n1C(C)CNCCC(C)C. The smallest absolute Gasteiger partial charge is 0.109 e. The Bertz CT molecular complexity index is 542. The minimum absolute atomic E-state index is 0.435. The van der Waals surface area contributed by atoms with Crippen molar-refractivity contribution in [2.24, 2.45) is 5.92 Å². The highest BCUT2D eigenvalue weighted by atomic mass is 15.1. The number of para-hydroxylation sites is 2. The van der Waals surface area contributed by atoms with Crippen molar-refractivity contribution >= 4 is 11.0 Å². The highest BCUT2D eigenvalue weighted by Crippen LogP contribution is 2.21.